The van der Waals surface area contributed by atoms with Gasteiger partial charge < -0.3 is 18.9 Å². The Morgan fingerprint density at radius 3 is 2.30 bits per heavy atom. The van der Waals surface area contributed by atoms with Crippen LogP contribution in [0.1, 0.15) is 98.2 Å². The number of ether oxygens (including phenoxy) is 1. The van der Waals surface area contributed by atoms with Crippen molar-refractivity contribution in [1.82, 2.24) is 34.4 Å². The maximum Gasteiger partial charge on any atom is 0.410 e. The van der Waals surface area contributed by atoms with Crippen LogP contribution in [0.3, 0.4) is 0 Å². The fraction of sp³-hybridized carbons (Fsp3) is 0.444. The van der Waals surface area contributed by atoms with Crippen LogP contribution < -0.4 is 0 Å². The largest absolute Gasteiger partial charge is 0.444 e. The minimum Gasteiger partial charge on any atom is -0.444 e. The molecule has 3 heterocycles. The van der Waals surface area contributed by atoms with Crippen LogP contribution in [0.5, 0.6) is 0 Å². The predicted octanol–water partition coefficient (Wildman–Crippen LogP) is 6.21. The zero-order valence-corrected chi connectivity index (χ0v) is 29.0. The minimum absolute atomic E-state index is 0.0953. The van der Waals surface area contributed by atoms with Crippen molar-refractivity contribution in [3.63, 3.8) is 0 Å². The van der Waals surface area contributed by atoms with Crippen molar-refractivity contribution in [3.05, 3.63) is 88.5 Å². The fourth-order valence-corrected chi connectivity index (χ4v) is 5.50. The summed E-state index contributed by atoms with van der Waals surface area (Å²) in [5.74, 6) is 0.553. The zero-order valence-electron chi connectivity index (χ0n) is 29.0. The highest BCUT2D eigenvalue weighted by Gasteiger charge is 2.26. The van der Waals surface area contributed by atoms with E-state index in [0.717, 1.165) is 23.1 Å². The van der Waals surface area contributed by atoms with Crippen molar-refractivity contribution in [2.24, 2.45) is 13.0 Å². The molecule has 0 N–H and O–H groups in total. The number of tetrazole rings is 1. The van der Waals surface area contributed by atoms with Crippen LogP contribution in [0.15, 0.2) is 54.7 Å². The molecule has 11 heteroatoms. The summed E-state index contributed by atoms with van der Waals surface area (Å²) in [7, 11) is 3.37. The molecule has 4 rings (SSSR count). The van der Waals surface area contributed by atoms with E-state index in [1.54, 1.807) is 37.3 Å². The van der Waals surface area contributed by atoms with Crippen molar-refractivity contribution in [2.75, 3.05) is 13.6 Å². The summed E-state index contributed by atoms with van der Waals surface area (Å²) < 4.78 is 7.52. The second-order valence-corrected chi connectivity index (χ2v) is 13.2. The summed E-state index contributed by atoms with van der Waals surface area (Å²) in [5.41, 5.74) is 3.67. The number of ketones is 1. The fourth-order valence-electron chi connectivity index (χ4n) is 5.50. The number of benzene rings is 1. The number of nitrogens with zero attached hydrogens (tertiary/aromatic N) is 7. The van der Waals surface area contributed by atoms with E-state index in [-0.39, 0.29) is 30.4 Å². The number of amides is 2. The molecule has 1 unspecified atom stereocenters. The van der Waals surface area contributed by atoms with Gasteiger partial charge in [0.15, 0.2) is 5.82 Å². The van der Waals surface area contributed by atoms with E-state index in [0.29, 0.717) is 41.5 Å². The number of carbonyl (C=O) groups excluding carboxylic acids is 3. The Bertz CT molecular complexity index is 1750. The van der Waals surface area contributed by atoms with Gasteiger partial charge in [-0.25, -0.2) is 4.79 Å². The molecule has 0 saturated carbocycles. The molecule has 1 atom stereocenters. The quantitative estimate of drug-likeness (QED) is 0.169. The summed E-state index contributed by atoms with van der Waals surface area (Å²) in [6, 6.07) is 12.9. The van der Waals surface area contributed by atoms with Crippen molar-refractivity contribution in [2.45, 2.75) is 79.5 Å². The van der Waals surface area contributed by atoms with E-state index in [9.17, 15) is 14.4 Å². The molecule has 1 aromatic carbocycles. The van der Waals surface area contributed by atoms with Crippen LogP contribution in [-0.4, -0.2) is 77.4 Å². The molecule has 0 aliphatic rings. The lowest BCUT2D eigenvalue weighted by molar-refractivity contribution is 0.0197. The first-order valence-electron chi connectivity index (χ1n) is 16.2. The molecule has 250 valence electrons. The zero-order chi connectivity index (χ0) is 34.5. The summed E-state index contributed by atoms with van der Waals surface area (Å²) in [4.78, 5) is 44.6. The van der Waals surface area contributed by atoms with E-state index in [1.807, 2.05) is 81.5 Å². The topological polar surface area (TPSA) is 115 Å². The first kappa shape index (κ1) is 35.1. The van der Waals surface area contributed by atoms with Crippen molar-refractivity contribution in [3.8, 4) is 0 Å². The van der Waals surface area contributed by atoms with Gasteiger partial charge in [0.25, 0.3) is 5.91 Å². The molecule has 0 bridgehead atoms. The minimum atomic E-state index is -0.575. The van der Waals surface area contributed by atoms with Gasteiger partial charge in [-0.05, 0) is 81.0 Å². The van der Waals surface area contributed by atoms with E-state index in [1.165, 1.54) is 9.70 Å². The molecule has 3 aromatic heterocycles. The molecule has 0 spiro atoms. The number of carbonyl (C=O) groups is 3. The van der Waals surface area contributed by atoms with Crippen LogP contribution in [-0.2, 0) is 24.8 Å². The molecule has 0 fully saturated rings. The number of fused-ring (bicyclic) bond motifs is 1. The summed E-state index contributed by atoms with van der Waals surface area (Å²) >= 11 is 0. The van der Waals surface area contributed by atoms with Gasteiger partial charge in [-0.2, -0.15) is 4.80 Å². The number of aromatic nitrogens is 5. The Kier molecular flexibility index (Phi) is 11.0. The highest BCUT2D eigenvalue weighted by molar-refractivity contribution is 6.10. The molecule has 2 amide bonds. The lowest BCUT2D eigenvalue weighted by Gasteiger charge is -2.32. The van der Waals surface area contributed by atoms with Crippen LogP contribution in [0.25, 0.3) is 11.6 Å². The predicted molar refractivity (Wildman–Crippen MR) is 182 cm³/mol. The van der Waals surface area contributed by atoms with Gasteiger partial charge in [-0.1, -0.05) is 57.2 Å². The number of rotatable bonds is 12. The highest BCUT2D eigenvalue weighted by atomic mass is 16.6. The van der Waals surface area contributed by atoms with Crippen LogP contribution in [0.2, 0.25) is 0 Å². The van der Waals surface area contributed by atoms with Crippen molar-refractivity contribution in [1.29, 1.82) is 0 Å². The van der Waals surface area contributed by atoms with E-state index in [2.05, 4.69) is 29.3 Å². The normalized spacial score (nSPS) is 12.6. The number of pyridine rings is 1. The maximum absolute atomic E-state index is 13.9. The lowest BCUT2D eigenvalue weighted by Crippen LogP contribution is -2.43. The molecule has 0 radical (unpaired) electrons. The number of hydrogen-bond donors (Lipinski definition) is 0. The molecule has 0 saturated heterocycles. The number of likely N-dealkylation sites (N-methyl/N-ethyl adjacent to an activating group) is 1. The Morgan fingerprint density at radius 2 is 1.72 bits per heavy atom. The third kappa shape index (κ3) is 8.72. The van der Waals surface area contributed by atoms with Gasteiger partial charge in [-0.3, -0.25) is 9.59 Å². The molecule has 0 aliphatic carbocycles. The summed E-state index contributed by atoms with van der Waals surface area (Å²) in [5, 5.41) is 11.9. The van der Waals surface area contributed by atoms with Gasteiger partial charge in [-0.15, -0.1) is 10.2 Å². The summed E-state index contributed by atoms with van der Waals surface area (Å²) in [6.07, 6.45) is 6.94. The standard InChI is InChI=1S/C36H47N7O4/c1-10-26-21-30-22-28(34(45)40(8)23-31-37-39-41(9)38-31)18-19-43(30)32(26)33(44)27-15-12-25(13-16-27)14-17-29(20-24(3)4)42(11-2)35(46)47-36(5,6)7/h12-19,21-22,24,29H,10-11,20,23H2,1-9H3/b17-14+. The number of aryl methyl sites for hydroxylation is 2. The molecule has 0 aliphatic heterocycles. The smallest absolute Gasteiger partial charge is 0.410 e. The second-order valence-electron chi connectivity index (χ2n) is 13.2. The first-order valence-corrected chi connectivity index (χ1v) is 16.2. The van der Waals surface area contributed by atoms with Gasteiger partial charge >= 0.3 is 6.09 Å². The Morgan fingerprint density at radius 1 is 1.02 bits per heavy atom. The van der Waals surface area contributed by atoms with Crippen molar-refractivity contribution >= 4 is 29.4 Å². The van der Waals surface area contributed by atoms with Gasteiger partial charge in [0.2, 0.25) is 5.78 Å². The van der Waals surface area contributed by atoms with E-state index >= 15 is 0 Å². The molecule has 47 heavy (non-hydrogen) atoms. The average Bonchev–Trinajstić information content (AvgIpc) is 3.60. The first-order chi connectivity index (χ1) is 22.2. The Balaban J connectivity index is 1.54. The molecular formula is C36H47N7O4. The Labute approximate surface area is 277 Å². The third-order valence-corrected chi connectivity index (χ3v) is 7.74. The summed E-state index contributed by atoms with van der Waals surface area (Å²) in [6.45, 7) is 14.6. The molecule has 11 nitrogen and oxygen atoms in total. The third-order valence-electron chi connectivity index (χ3n) is 7.74. The molecular weight excluding hydrogens is 594 g/mol. The second kappa shape index (κ2) is 14.7. The van der Waals surface area contributed by atoms with Crippen LogP contribution in [0.4, 0.5) is 4.79 Å². The average molecular weight is 642 g/mol. The van der Waals surface area contributed by atoms with E-state index < -0.39 is 5.60 Å². The maximum atomic E-state index is 13.9. The highest BCUT2D eigenvalue weighted by Crippen LogP contribution is 2.24. The number of hydrogen-bond acceptors (Lipinski definition) is 7. The monoisotopic (exact) mass is 641 g/mol. The SMILES string of the molecule is CCc1cc2cc(C(=O)N(C)Cc3nnn(C)n3)ccn2c1C(=O)c1ccc(/C=C/C(CC(C)C)N(CC)C(=O)OC(C)(C)C)cc1. The van der Waals surface area contributed by atoms with Gasteiger partial charge in [0, 0.05) is 36.4 Å². The Hall–Kier alpha value is -4.80. The van der Waals surface area contributed by atoms with Gasteiger partial charge in [0.05, 0.1) is 25.3 Å². The van der Waals surface area contributed by atoms with Crippen LogP contribution >= 0.6 is 0 Å². The van der Waals surface area contributed by atoms with Crippen LogP contribution in [0, 0.1) is 5.92 Å². The lowest BCUT2D eigenvalue weighted by atomic mass is 10.00. The van der Waals surface area contributed by atoms with Gasteiger partial charge in [0.1, 0.15) is 5.60 Å². The van der Waals surface area contributed by atoms with Crippen molar-refractivity contribution < 1.29 is 19.1 Å². The molecule has 4 aromatic rings. The van der Waals surface area contributed by atoms with E-state index in [4.69, 9.17) is 4.74 Å².